The summed E-state index contributed by atoms with van der Waals surface area (Å²) in [5, 5.41) is -0.819. The molecule has 0 amide bonds. The first-order chi connectivity index (χ1) is 4.96. The first-order valence-electron chi connectivity index (χ1n) is 3.98. The molecule has 74 valence electrons. The van der Waals surface area contributed by atoms with Crippen LogP contribution in [0.4, 0.5) is 0 Å². The molecular weight excluding hydrogens is 214 g/mol. The van der Waals surface area contributed by atoms with E-state index in [1.807, 2.05) is 0 Å². The van der Waals surface area contributed by atoms with Crippen LogP contribution in [0.25, 0.3) is 0 Å². The molecule has 5 heteroatoms. The second-order valence-electron chi connectivity index (χ2n) is 4.87. The van der Waals surface area contributed by atoms with E-state index in [2.05, 4.69) is 0 Å². The maximum Gasteiger partial charge on any atom is 1.00 e. The van der Waals surface area contributed by atoms with Crippen LogP contribution in [-0.4, -0.2) is 10.8 Å². The Morgan fingerprint density at radius 1 is 1.08 bits per heavy atom. The van der Waals surface area contributed by atoms with Gasteiger partial charge in [-0.25, -0.2) is 0 Å². The Hall–Kier alpha value is 1.79. The zero-order chi connectivity index (χ0) is 10.2. The molecule has 0 aliphatic heterocycles. The van der Waals surface area contributed by atoms with Crippen LogP contribution in [0.15, 0.2) is 0 Å². The first-order valence-corrected chi connectivity index (χ1v) is 5.52. The summed E-state index contributed by atoms with van der Waals surface area (Å²) in [5.41, 5.74) is -0.634. The minimum atomic E-state index is -3.75. The average Bonchev–Trinajstić information content (AvgIpc) is 1.52. The van der Waals surface area contributed by atoms with Crippen molar-refractivity contribution in [3.05, 3.63) is 0 Å². The summed E-state index contributed by atoms with van der Waals surface area (Å²) >= 11 is 0. The Labute approximate surface area is 124 Å². The summed E-state index contributed by atoms with van der Waals surface area (Å²) in [5.74, 6) is 0. The largest absolute Gasteiger partial charge is 1.00 e. The Kier molecular flexibility index (Phi) is 6.90. The first kappa shape index (κ1) is 17.2. The van der Waals surface area contributed by atoms with Crippen molar-refractivity contribution in [2.24, 2.45) is 0 Å². The molecule has 0 aromatic heterocycles. The van der Waals surface area contributed by atoms with E-state index in [4.69, 9.17) is 4.52 Å². The molecule has 0 N–H and O–H groups in total. The quantitative estimate of drug-likeness (QED) is 0.437. The standard InChI is InChI=1S/C8H19O3P.K/c1-7(2,3)11-12(9,10)8(4,5)6;/h1-6H3,(H,9,10);/q;+1/p-1. The SMILES string of the molecule is CC(C)(C)OP(=O)([O-])C(C)(C)C.[K+]. The Morgan fingerprint density at radius 3 is 1.46 bits per heavy atom. The van der Waals surface area contributed by atoms with Gasteiger partial charge in [0.1, 0.15) is 7.60 Å². The van der Waals surface area contributed by atoms with Crippen LogP contribution in [0.5, 0.6) is 0 Å². The van der Waals surface area contributed by atoms with Crippen LogP contribution in [-0.2, 0) is 9.09 Å². The molecule has 0 aliphatic carbocycles. The fraction of sp³-hybridized carbons (Fsp3) is 1.00. The molecule has 0 fully saturated rings. The van der Waals surface area contributed by atoms with E-state index in [1.54, 1.807) is 41.5 Å². The van der Waals surface area contributed by atoms with Gasteiger partial charge in [0.15, 0.2) is 0 Å². The molecule has 3 nitrogen and oxygen atoms in total. The predicted octanol–water partition coefficient (Wildman–Crippen LogP) is -0.843. The van der Waals surface area contributed by atoms with Gasteiger partial charge in [0.2, 0.25) is 0 Å². The van der Waals surface area contributed by atoms with E-state index in [1.165, 1.54) is 0 Å². The van der Waals surface area contributed by atoms with Gasteiger partial charge in [-0.1, -0.05) is 20.8 Å². The molecule has 1 unspecified atom stereocenters. The monoisotopic (exact) mass is 232 g/mol. The van der Waals surface area contributed by atoms with Crippen LogP contribution < -0.4 is 56.3 Å². The van der Waals surface area contributed by atoms with Gasteiger partial charge in [0.05, 0.1) is 5.60 Å². The molecule has 0 aromatic rings. The summed E-state index contributed by atoms with van der Waals surface area (Å²) in [4.78, 5) is 11.5. The Morgan fingerprint density at radius 2 is 1.38 bits per heavy atom. The molecule has 0 bridgehead atoms. The van der Waals surface area contributed by atoms with Crippen molar-refractivity contribution < 1.29 is 65.4 Å². The molecule has 0 rings (SSSR count). The van der Waals surface area contributed by atoms with Gasteiger partial charge in [0, 0.05) is 5.16 Å². The summed E-state index contributed by atoms with van der Waals surface area (Å²) in [6.45, 7) is 10.1. The van der Waals surface area contributed by atoms with Crippen molar-refractivity contribution in [2.75, 3.05) is 0 Å². The van der Waals surface area contributed by atoms with Crippen LogP contribution in [0, 0.1) is 0 Å². The van der Waals surface area contributed by atoms with E-state index in [0.717, 1.165) is 0 Å². The zero-order valence-electron chi connectivity index (χ0n) is 9.67. The third-order valence-electron chi connectivity index (χ3n) is 1.22. The van der Waals surface area contributed by atoms with Crippen molar-refractivity contribution in [1.82, 2.24) is 0 Å². The minimum absolute atomic E-state index is 0. The summed E-state index contributed by atoms with van der Waals surface area (Å²) in [7, 11) is -3.75. The molecule has 0 saturated heterocycles. The average molecular weight is 232 g/mol. The van der Waals surface area contributed by atoms with Crippen molar-refractivity contribution in [3.8, 4) is 0 Å². The molecule has 0 heterocycles. The third-order valence-corrected chi connectivity index (χ3v) is 3.65. The van der Waals surface area contributed by atoms with Gasteiger partial charge in [-0.3, -0.25) is 0 Å². The maximum atomic E-state index is 11.5. The van der Waals surface area contributed by atoms with Crippen LogP contribution >= 0.6 is 7.60 Å². The summed E-state index contributed by atoms with van der Waals surface area (Å²) in [6.07, 6.45) is 0. The van der Waals surface area contributed by atoms with Gasteiger partial charge < -0.3 is 14.0 Å². The summed E-state index contributed by atoms with van der Waals surface area (Å²) in [6, 6.07) is 0. The van der Waals surface area contributed by atoms with Gasteiger partial charge in [-0.05, 0) is 20.8 Å². The Balaban J connectivity index is 0. The van der Waals surface area contributed by atoms with Gasteiger partial charge in [0.25, 0.3) is 0 Å². The fourth-order valence-corrected chi connectivity index (χ4v) is 1.49. The second-order valence-corrected chi connectivity index (χ2v) is 7.39. The van der Waals surface area contributed by atoms with Gasteiger partial charge in [-0.2, -0.15) is 0 Å². The van der Waals surface area contributed by atoms with Crippen molar-refractivity contribution in [2.45, 2.75) is 52.3 Å². The molecule has 0 aliphatic rings. The maximum absolute atomic E-state index is 11.5. The molecule has 0 aromatic carbocycles. The van der Waals surface area contributed by atoms with E-state index in [9.17, 15) is 9.46 Å². The van der Waals surface area contributed by atoms with Crippen molar-refractivity contribution in [1.29, 1.82) is 0 Å². The zero-order valence-corrected chi connectivity index (χ0v) is 13.7. The molecular formula is C8H18KO3P. The molecule has 0 radical (unpaired) electrons. The van der Waals surface area contributed by atoms with Crippen LogP contribution in [0.1, 0.15) is 41.5 Å². The van der Waals surface area contributed by atoms with E-state index < -0.39 is 18.4 Å². The number of hydrogen-bond donors (Lipinski definition) is 0. The topological polar surface area (TPSA) is 49.4 Å². The van der Waals surface area contributed by atoms with Crippen LogP contribution in [0.2, 0.25) is 0 Å². The fourth-order valence-electron chi connectivity index (χ4n) is 0.497. The van der Waals surface area contributed by atoms with E-state index in [0.29, 0.717) is 0 Å². The molecule has 1 atom stereocenters. The second kappa shape index (κ2) is 5.22. The van der Waals surface area contributed by atoms with E-state index in [-0.39, 0.29) is 51.4 Å². The Bertz CT molecular complexity index is 202. The van der Waals surface area contributed by atoms with Gasteiger partial charge >= 0.3 is 51.4 Å². The summed E-state index contributed by atoms with van der Waals surface area (Å²) < 4.78 is 16.5. The third kappa shape index (κ3) is 6.80. The molecule has 0 spiro atoms. The normalized spacial score (nSPS) is 17.5. The number of hydrogen-bond acceptors (Lipinski definition) is 3. The predicted molar refractivity (Wildman–Crippen MR) is 48.2 cm³/mol. The van der Waals surface area contributed by atoms with Crippen molar-refractivity contribution >= 4 is 7.60 Å². The number of rotatable bonds is 1. The van der Waals surface area contributed by atoms with Crippen LogP contribution in [0.3, 0.4) is 0 Å². The smallest absolute Gasteiger partial charge is 0.778 e. The molecule has 13 heavy (non-hydrogen) atoms. The van der Waals surface area contributed by atoms with Crippen molar-refractivity contribution in [3.63, 3.8) is 0 Å². The minimum Gasteiger partial charge on any atom is -0.778 e. The molecule has 0 saturated carbocycles. The van der Waals surface area contributed by atoms with E-state index >= 15 is 0 Å². The van der Waals surface area contributed by atoms with Gasteiger partial charge in [-0.15, -0.1) is 0 Å².